The lowest BCUT2D eigenvalue weighted by molar-refractivity contribution is 0.0519. The minimum Gasteiger partial charge on any atom is -0.461 e. The van der Waals surface area contributed by atoms with Crippen LogP contribution in [0.5, 0.6) is 0 Å². The molecule has 0 amide bonds. The fraction of sp³-hybridized carbons (Fsp3) is 0.643. The van der Waals surface area contributed by atoms with E-state index in [1.54, 1.807) is 20.8 Å². The minimum atomic E-state index is -3.66. The van der Waals surface area contributed by atoms with Crippen molar-refractivity contribution in [1.82, 2.24) is 9.71 Å². The van der Waals surface area contributed by atoms with Crippen LogP contribution in [0.4, 0.5) is 0 Å². The lowest BCUT2D eigenvalue weighted by Gasteiger charge is -2.15. The van der Waals surface area contributed by atoms with Gasteiger partial charge in [0.1, 0.15) is 10.6 Å². The molecule has 6 nitrogen and oxygen atoms in total. The van der Waals surface area contributed by atoms with E-state index in [4.69, 9.17) is 4.74 Å². The van der Waals surface area contributed by atoms with Crippen molar-refractivity contribution in [2.45, 2.75) is 58.4 Å². The first-order valence-electron chi connectivity index (χ1n) is 7.16. The second kappa shape index (κ2) is 7.09. The maximum atomic E-state index is 12.5. The normalized spacial score (nSPS) is 11.9. The van der Waals surface area contributed by atoms with Gasteiger partial charge in [-0.2, -0.15) is 0 Å². The zero-order chi connectivity index (χ0) is 16.2. The molecule has 1 aromatic heterocycles. The van der Waals surface area contributed by atoms with Gasteiger partial charge in [0, 0.05) is 17.3 Å². The van der Waals surface area contributed by atoms with E-state index in [0.717, 1.165) is 0 Å². The van der Waals surface area contributed by atoms with Crippen LogP contribution < -0.4 is 4.72 Å². The van der Waals surface area contributed by atoms with Gasteiger partial charge in [0.15, 0.2) is 0 Å². The van der Waals surface area contributed by atoms with Crippen molar-refractivity contribution in [1.29, 1.82) is 0 Å². The summed E-state index contributed by atoms with van der Waals surface area (Å²) in [5, 5.41) is 0. The van der Waals surface area contributed by atoms with E-state index in [0.29, 0.717) is 24.1 Å². The summed E-state index contributed by atoms with van der Waals surface area (Å²) in [6.45, 7) is 9.04. The van der Waals surface area contributed by atoms with Gasteiger partial charge in [-0.05, 0) is 33.6 Å². The molecule has 0 spiro atoms. The van der Waals surface area contributed by atoms with E-state index >= 15 is 0 Å². The van der Waals surface area contributed by atoms with Gasteiger partial charge in [-0.25, -0.2) is 17.9 Å². The highest BCUT2D eigenvalue weighted by atomic mass is 32.2. The van der Waals surface area contributed by atoms with Crippen molar-refractivity contribution in [2.24, 2.45) is 0 Å². The first-order chi connectivity index (χ1) is 9.78. The largest absolute Gasteiger partial charge is 0.461 e. The maximum Gasteiger partial charge on any atom is 0.355 e. The van der Waals surface area contributed by atoms with Crippen LogP contribution >= 0.6 is 0 Å². The molecule has 0 bridgehead atoms. The molecule has 1 rings (SSSR count). The molecule has 21 heavy (non-hydrogen) atoms. The number of hydrogen-bond acceptors (Lipinski definition) is 4. The minimum absolute atomic E-state index is 0.116. The molecule has 7 heteroatoms. The molecule has 2 N–H and O–H groups in total. The van der Waals surface area contributed by atoms with E-state index in [-0.39, 0.29) is 23.2 Å². The predicted molar refractivity (Wildman–Crippen MR) is 80.9 cm³/mol. The van der Waals surface area contributed by atoms with Crippen LogP contribution in [0.3, 0.4) is 0 Å². The third-order valence-corrected chi connectivity index (χ3v) is 5.22. The molecule has 1 aromatic rings. The Morgan fingerprint density at radius 1 is 1.24 bits per heavy atom. The first-order valence-corrected chi connectivity index (χ1v) is 8.65. The number of H-pyrrole nitrogens is 1. The molecule has 120 valence electrons. The summed E-state index contributed by atoms with van der Waals surface area (Å²) in [5.41, 5.74) is 1.03. The van der Waals surface area contributed by atoms with Gasteiger partial charge in [0.25, 0.3) is 0 Å². The van der Waals surface area contributed by atoms with Crippen LogP contribution in [0.1, 0.15) is 55.4 Å². The van der Waals surface area contributed by atoms with Crippen molar-refractivity contribution < 1.29 is 17.9 Å². The number of ether oxygens (including phenoxy) is 1. The summed E-state index contributed by atoms with van der Waals surface area (Å²) in [6.07, 6.45) is 1.42. The Hall–Kier alpha value is -1.34. The molecular formula is C14H24N2O4S. The molecule has 0 saturated carbocycles. The van der Waals surface area contributed by atoms with Crippen molar-refractivity contribution in [3.8, 4) is 0 Å². The fourth-order valence-corrected chi connectivity index (χ4v) is 4.13. The standard InChI is InChI=1S/C14H24N2O4S/c1-6-11(7-2)16-21(18,19)13-9(4)12(15-10(13)5)14(17)20-8-3/h11,15-16H,6-8H2,1-5H3. The second-order valence-electron chi connectivity index (χ2n) is 4.93. The van der Waals surface area contributed by atoms with Crippen LogP contribution in [0.25, 0.3) is 0 Å². The van der Waals surface area contributed by atoms with E-state index in [1.165, 1.54) is 0 Å². The van der Waals surface area contributed by atoms with E-state index in [1.807, 2.05) is 13.8 Å². The summed E-state index contributed by atoms with van der Waals surface area (Å²) in [6, 6.07) is -0.116. The second-order valence-corrected chi connectivity index (χ2v) is 6.59. The molecular weight excluding hydrogens is 292 g/mol. The Balaban J connectivity index is 3.22. The molecule has 0 fully saturated rings. The summed E-state index contributed by atoms with van der Waals surface area (Å²) >= 11 is 0. The fourth-order valence-electron chi connectivity index (χ4n) is 2.28. The smallest absolute Gasteiger partial charge is 0.355 e. The lowest BCUT2D eigenvalue weighted by Crippen LogP contribution is -2.34. The van der Waals surface area contributed by atoms with Crippen LogP contribution in [-0.4, -0.2) is 32.0 Å². The molecule has 0 saturated heterocycles. The number of carbonyl (C=O) groups excluding carboxylic acids is 1. The number of aromatic nitrogens is 1. The molecule has 0 aliphatic heterocycles. The van der Waals surface area contributed by atoms with Crippen LogP contribution in [0.2, 0.25) is 0 Å². The lowest BCUT2D eigenvalue weighted by atomic mass is 10.2. The van der Waals surface area contributed by atoms with Gasteiger partial charge in [-0.3, -0.25) is 0 Å². The average Bonchev–Trinajstić information content (AvgIpc) is 2.72. The number of nitrogens with one attached hydrogen (secondary N) is 2. The third kappa shape index (κ3) is 3.85. The number of sulfonamides is 1. The highest BCUT2D eigenvalue weighted by molar-refractivity contribution is 7.89. The number of carbonyl (C=O) groups is 1. The maximum absolute atomic E-state index is 12.5. The SMILES string of the molecule is CCOC(=O)c1[nH]c(C)c(S(=O)(=O)NC(CC)CC)c1C. The molecule has 0 aromatic carbocycles. The average molecular weight is 316 g/mol. The zero-order valence-electron chi connectivity index (χ0n) is 13.2. The van der Waals surface area contributed by atoms with Crippen molar-refractivity contribution in [2.75, 3.05) is 6.61 Å². The van der Waals surface area contributed by atoms with E-state index in [9.17, 15) is 13.2 Å². The monoisotopic (exact) mass is 316 g/mol. The Morgan fingerprint density at radius 3 is 2.29 bits per heavy atom. The van der Waals surface area contributed by atoms with Crippen LogP contribution in [0, 0.1) is 13.8 Å². The Morgan fingerprint density at radius 2 is 1.81 bits per heavy atom. The molecule has 0 unspecified atom stereocenters. The van der Waals surface area contributed by atoms with Gasteiger partial charge in [0.05, 0.1) is 6.61 Å². The summed E-state index contributed by atoms with van der Waals surface area (Å²) < 4.78 is 32.6. The molecule has 0 aliphatic rings. The predicted octanol–water partition coefficient (Wildman–Crippen LogP) is 2.28. The van der Waals surface area contributed by atoms with Gasteiger partial charge < -0.3 is 9.72 Å². The number of rotatable bonds is 7. The van der Waals surface area contributed by atoms with Crippen molar-refractivity contribution in [3.63, 3.8) is 0 Å². The Labute approximate surface area is 126 Å². The zero-order valence-corrected chi connectivity index (χ0v) is 14.1. The summed E-state index contributed by atoms with van der Waals surface area (Å²) in [4.78, 5) is 14.8. The number of hydrogen-bond donors (Lipinski definition) is 2. The van der Waals surface area contributed by atoms with Crippen LogP contribution in [0.15, 0.2) is 4.90 Å². The quantitative estimate of drug-likeness (QED) is 0.755. The van der Waals surface area contributed by atoms with Crippen LogP contribution in [-0.2, 0) is 14.8 Å². The van der Waals surface area contributed by atoms with E-state index in [2.05, 4.69) is 9.71 Å². The molecule has 0 aliphatic carbocycles. The highest BCUT2D eigenvalue weighted by Crippen LogP contribution is 2.24. The number of esters is 1. The van der Waals surface area contributed by atoms with Crippen molar-refractivity contribution in [3.05, 3.63) is 17.0 Å². The Bertz CT molecular complexity index is 601. The van der Waals surface area contributed by atoms with E-state index < -0.39 is 16.0 Å². The molecule has 0 radical (unpaired) electrons. The molecule has 1 heterocycles. The highest BCUT2D eigenvalue weighted by Gasteiger charge is 2.28. The summed E-state index contributed by atoms with van der Waals surface area (Å²) in [7, 11) is -3.66. The van der Waals surface area contributed by atoms with Gasteiger partial charge >= 0.3 is 5.97 Å². The van der Waals surface area contributed by atoms with Crippen molar-refractivity contribution >= 4 is 16.0 Å². The first kappa shape index (κ1) is 17.7. The summed E-state index contributed by atoms with van der Waals surface area (Å²) in [5.74, 6) is -0.540. The topological polar surface area (TPSA) is 88.3 Å². The Kier molecular flexibility index (Phi) is 5.98. The molecule has 0 atom stereocenters. The number of aryl methyl sites for hydroxylation is 1. The van der Waals surface area contributed by atoms with Gasteiger partial charge in [0.2, 0.25) is 10.0 Å². The van der Waals surface area contributed by atoms with Gasteiger partial charge in [-0.1, -0.05) is 13.8 Å². The number of aromatic amines is 1. The van der Waals surface area contributed by atoms with Gasteiger partial charge in [-0.15, -0.1) is 0 Å². The third-order valence-electron chi connectivity index (χ3n) is 3.42.